The highest BCUT2D eigenvalue weighted by molar-refractivity contribution is 7.98. The van der Waals surface area contributed by atoms with Crippen molar-refractivity contribution in [1.82, 2.24) is 14.5 Å². The average molecular weight is 300 g/mol. The molecule has 2 N–H and O–H groups in total. The van der Waals surface area contributed by atoms with Gasteiger partial charge in [0.2, 0.25) is 0 Å². The molecule has 1 aliphatic rings. The number of nitrogen functional groups attached to an aromatic ring is 1. The Bertz CT molecular complexity index is 829. The fraction of sp³-hybridized carbons (Fsp3) is 0.333. The fourth-order valence-electron chi connectivity index (χ4n) is 3.04. The smallest absolute Gasteiger partial charge is 0.152 e. The first-order valence-corrected chi connectivity index (χ1v) is 8.30. The maximum Gasteiger partial charge on any atom is 0.152 e. The minimum absolute atomic E-state index is 0.291. The molecule has 4 rings (SSSR count). The van der Waals surface area contributed by atoms with E-state index in [0.717, 1.165) is 40.1 Å². The Balaban J connectivity index is 2.11. The molecule has 1 atom stereocenters. The van der Waals surface area contributed by atoms with Crippen LogP contribution in [0.5, 0.6) is 0 Å². The van der Waals surface area contributed by atoms with Gasteiger partial charge in [-0.15, -0.1) is 0 Å². The Morgan fingerprint density at radius 2 is 2.24 bits per heavy atom. The molecular weight excluding hydrogens is 284 g/mol. The number of fused-ring (bicyclic) bond motifs is 5. The van der Waals surface area contributed by atoms with Crippen LogP contribution >= 0.6 is 11.8 Å². The minimum Gasteiger partial charge on any atom is -0.382 e. The number of thioether (sulfide) groups is 1. The zero-order valence-corrected chi connectivity index (χ0v) is 12.6. The largest absolute Gasteiger partial charge is 0.382 e. The highest BCUT2D eigenvalue weighted by Gasteiger charge is 2.26. The molecule has 2 aromatic heterocycles. The summed E-state index contributed by atoms with van der Waals surface area (Å²) < 4.78 is 7.99. The van der Waals surface area contributed by atoms with Crippen molar-refractivity contribution in [2.24, 2.45) is 0 Å². The number of pyridine rings is 1. The van der Waals surface area contributed by atoms with Gasteiger partial charge in [-0.1, -0.05) is 18.2 Å². The number of nitrogens with zero attached hydrogens (tertiary/aromatic N) is 3. The number of anilines is 1. The molecule has 3 aromatic rings. The van der Waals surface area contributed by atoms with E-state index in [4.69, 9.17) is 10.5 Å². The number of benzene rings is 1. The van der Waals surface area contributed by atoms with E-state index in [2.05, 4.69) is 26.9 Å². The van der Waals surface area contributed by atoms with Gasteiger partial charge in [0.25, 0.3) is 0 Å². The van der Waals surface area contributed by atoms with Crippen LogP contribution in [0.3, 0.4) is 0 Å². The summed E-state index contributed by atoms with van der Waals surface area (Å²) in [6.07, 6.45) is 2.11. The predicted molar refractivity (Wildman–Crippen MR) is 86.5 cm³/mol. The fourth-order valence-corrected chi connectivity index (χ4v) is 3.67. The van der Waals surface area contributed by atoms with E-state index in [9.17, 15) is 0 Å². The van der Waals surface area contributed by atoms with Crippen molar-refractivity contribution in [2.45, 2.75) is 12.6 Å². The maximum atomic E-state index is 6.12. The summed E-state index contributed by atoms with van der Waals surface area (Å²) in [4.78, 5) is 9.15. The quantitative estimate of drug-likeness (QED) is 0.788. The second-order valence-electron chi connectivity index (χ2n) is 5.23. The van der Waals surface area contributed by atoms with Crippen molar-refractivity contribution in [3.05, 3.63) is 30.1 Å². The molecule has 21 heavy (non-hydrogen) atoms. The van der Waals surface area contributed by atoms with Crippen molar-refractivity contribution >= 4 is 39.5 Å². The van der Waals surface area contributed by atoms with Crippen LogP contribution in [0, 0.1) is 0 Å². The maximum absolute atomic E-state index is 6.12. The normalized spacial score (nSPS) is 18.2. The number of hydrogen-bond donors (Lipinski definition) is 1. The molecule has 6 heteroatoms. The van der Waals surface area contributed by atoms with Crippen LogP contribution in [0.1, 0.15) is 11.9 Å². The van der Waals surface area contributed by atoms with Crippen LogP contribution in [-0.2, 0) is 11.3 Å². The molecule has 0 saturated carbocycles. The molecule has 0 spiro atoms. The van der Waals surface area contributed by atoms with Crippen molar-refractivity contribution in [3.63, 3.8) is 0 Å². The van der Waals surface area contributed by atoms with Crippen LogP contribution in [0.25, 0.3) is 21.9 Å². The molecule has 0 aliphatic carbocycles. The van der Waals surface area contributed by atoms with Crippen LogP contribution in [0.4, 0.5) is 5.82 Å². The van der Waals surface area contributed by atoms with Crippen LogP contribution in [-0.4, -0.2) is 33.2 Å². The van der Waals surface area contributed by atoms with Gasteiger partial charge in [0.1, 0.15) is 17.9 Å². The summed E-state index contributed by atoms with van der Waals surface area (Å²) in [5.74, 6) is 2.43. The highest BCUT2D eigenvalue weighted by atomic mass is 32.2. The topological polar surface area (TPSA) is 66.0 Å². The molecule has 0 unspecified atom stereocenters. The third-order valence-corrected chi connectivity index (χ3v) is 4.61. The zero-order chi connectivity index (χ0) is 14.4. The van der Waals surface area contributed by atoms with E-state index in [-0.39, 0.29) is 0 Å². The van der Waals surface area contributed by atoms with Crippen molar-refractivity contribution < 1.29 is 4.74 Å². The van der Waals surface area contributed by atoms with E-state index in [1.54, 1.807) is 0 Å². The molecule has 1 aromatic carbocycles. The third kappa shape index (κ3) is 1.90. The standard InChI is InChI=1S/C15H16N4OS/c1-21-8-9-6-20-7-12-18-13-14(19(9)12)10-4-2-3-5-11(10)17-15(13)16/h2-5,9H,6-8H2,1H3,(H2,16,17)/t9-/m1/s1. The monoisotopic (exact) mass is 300 g/mol. The van der Waals surface area contributed by atoms with Gasteiger partial charge in [0.05, 0.1) is 23.7 Å². The summed E-state index contributed by atoms with van der Waals surface area (Å²) in [7, 11) is 0. The molecule has 0 bridgehead atoms. The summed E-state index contributed by atoms with van der Waals surface area (Å²) in [5, 5.41) is 1.11. The Morgan fingerprint density at radius 1 is 1.38 bits per heavy atom. The number of aromatic nitrogens is 3. The lowest BCUT2D eigenvalue weighted by Crippen LogP contribution is -2.25. The summed E-state index contributed by atoms with van der Waals surface area (Å²) in [5.41, 5.74) is 8.92. The Morgan fingerprint density at radius 3 is 3.10 bits per heavy atom. The van der Waals surface area contributed by atoms with E-state index < -0.39 is 0 Å². The lowest BCUT2D eigenvalue weighted by Gasteiger charge is -2.25. The molecule has 3 heterocycles. The molecule has 0 radical (unpaired) electrons. The number of ether oxygens (including phenoxy) is 1. The first kappa shape index (κ1) is 12.9. The number of imidazole rings is 1. The van der Waals surface area contributed by atoms with Crippen molar-refractivity contribution in [1.29, 1.82) is 0 Å². The van der Waals surface area contributed by atoms with Gasteiger partial charge in [0.15, 0.2) is 5.82 Å². The Hall–Kier alpha value is -1.79. The van der Waals surface area contributed by atoms with E-state index in [1.165, 1.54) is 0 Å². The van der Waals surface area contributed by atoms with Crippen LogP contribution in [0.15, 0.2) is 24.3 Å². The lowest BCUT2D eigenvalue weighted by atomic mass is 10.1. The second-order valence-corrected chi connectivity index (χ2v) is 6.14. The van der Waals surface area contributed by atoms with Gasteiger partial charge in [-0.3, -0.25) is 0 Å². The lowest BCUT2D eigenvalue weighted by molar-refractivity contribution is 0.0635. The van der Waals surface area contributed by atoms with Crippen molar-refractivity contribution in [3.8, 4) is 0 Å². The molecule has 108 valence electrons. The van der Waals surface area contributed by atoms with E-state index in [0.29, 0.717) is 18.5 Å². The SMILES string of the molecule is CSC[C@H]1COCc2nc3c(N)nc4ccccc4c3n21. The number of nitrogens with two attached hydrogens (primary N) is 1. The van der Waals surface area contributed by atoms with Gasteiger partial charge >= 0.3 is 0 Å². The number of rotatable bonds is 2. The predicted octanol–water partition coefficient (Wildman–Crippen LogP) is 2.60. The van der Waals surface area contributed by atoms with Gasteiger partial charge in [-0.25, -0.2) is 9.97 Å². The van der Waals surface area contributed by atoms with Gasteiger partial charge < -0.3 is 15.0 Å². The third-order valence-electron chi connectivity index (χ3n) is 3.89. The second kappa shape index (κ2) is 4.89. The molecular formula is C15H16N4OS. The summed E-state index contributed by atoms with van der Waals surface area (Å²) >= 11 is 1.82. The molecule has 5 nitrogen and oxygen atoms in total. The van der Waals surface area contributed by atoms with E-state index in [1.807, 2.05) is 30.0 Å². The van der Waals surface area contributed by atoms with Gasteiger partial charge in [-0.2, -0.15) is 11.8 Å². The van der Waals surface area contributed by atoms with Crippen molar-refractivity contribution in [2.75, 3.05) is 24.3 Å². The molecule has 0 amide bonds. The first-order valence-electron chi connectivity index (χ1n) is 6.91. The van der Waals surface area contributed by atoms with Crippen LogP contribution in [0.2, 0.25) is 0 Å². The summed E-state index contributed by atoms with van der Waals surface area (Å²) in [6, 6.07) is 8.39. The Kier molecular flexibility index (Phi) is 3.01. The first-order chi connectivity index (χ1) is 10.3. The van der Waals surface area contributed by atoms with Crippen LogP contribution < -0.4 is 5.73 Å². The number of hydrogen-bond acceptors (Lipinski definition) is 5. The molecule has 0 saturated heterocycles. The number of para-hydroxylation sites is 1. The highest BCUT2D eigenvalue weighted by Crippen LogP contribution is 2.33. The van der Waals surface area contributed by atoms with Gasteiger partial charge in [0, 0.05) is 11.1 Å². The van der Waals surface area contributed by atoms with E-state index >= 15 is 0 Å². The summed E-state index contributed by atoms with van der Waals surface area (Å²) in [6.45, 7) is 1.25. The Labute approximate surface area is 126 Å². The van der Waals surface area contributed by atoms with Gasteiger partial charge in [-0.05, 0) is 12.3 Å². The molecule has 1 aliphatic heterocycles. The average Bonchev–Trinajstić information content (AvgIpc) is 2.89. The minimum atomic E-state index is 0.291. The molecule has 0 fully saturated rings. The zero-order valence-electron chi connectivity index (χ0n) is 11.7.